The second-order valence-corrected chi connectivity index (χ2v) is 8.38. The minimum atomic E-state index is -0.377. The number of carbonyl (C=O) groups excluding carboxylic acids is 2. The predicted molar refractivity (Wildman–Crippen MR) is 117 cm³/mol. The van der Waals surface area contributed by atoms with E-state index < -0.39 is 0 Å². The number of amides is 2. The van der Waals surface area contributed by atoms with Gasteiger partial charge in [-0.15, -0.1) is 0 Å². The van der Waals surface area contributed by atoms with E-state index >= 15 is 0 Å². The van der Waals surface area contributed by atoms with E-state index in [2.05, 4.69) is 10.2 Å². The van der Waals surface area contributed by atoms with Crippen LogP contribution < -0.4 is 10.2 Å². The molecule has 2 aliphatic heterocycles. The second kappa shape index (κ2) is 9.04. The number of piperidine rings is 1. The van der Waals surface area contributed by atoms with Gasteiger partial charge in [-0.1, -0.05) is 11.6 Å². The van der Waals surface area contributed by atoms with Crippen LogP contribution in [0.5, 0.6) is 0 Å². The van der Waals surface area contributed by atoms with Gasteiger partial charge in [-0.05, 0) is 68.1 Å². The number of anilines is 2. The highest BCUT2D eigenvalue weighted by Gasteiger charge is 2.29. The third-order valence-electron chi connectivity index (χ3n) is 5.83. The van der Waals surface area contributed by atoms with Crippen molar-refractivity contribution in [2.24, 2.45) is 5.92 Å². The van der Waals surface area contributed by atoms with Crippen LogP contribution in [-0.2, 0) is 4.79 Å². The summed E-state index contributed by atoms with van der Waals surface area (Å²) in [5, 5.41) is 3.63. The molecule has 2 amide bonds. The lowest BCUT2D eigenvalue weighted by Crippen LogP contribution is -2.43. The summed E-state index contributed by atoms with van der Waals surface area (Å²) in [6, 6.07) is 11.1. The Morgan fingerprint density at radius 1 is 1.00 bits per heavy atom. The van der Waals surface area contributed by atoms with Crippen molar-refractivity contribution in [2.75, 3.05) is 36.4 Å². The number of nitrogens with one attached hydrogen (secondary N) is 1. The van der Waals surface area contributed by atoms with Gasteiger partial charge in [0.15, 0.2) is 0 Å². The van der Waals surface area contributed by atoms with Crippen LogP contribution in [0.15, 0.2) is 42.5 Å². The number of likely N-dealkylation sites (tertiary alicyclic amines) is 1. The first-order chi connectivity index (χ1) is 14.5. The molecule has 0 radical (unpaired) electrons. The second-order valence-electron chi connectivity index (χ2n) is 7.94. The molecule has 2 aromatic carbocycles. The van der Waals surface area contributed by atoms with Crippen molar-refractivity contribution >= 4 is 34.8 Å². The van der Waals surface area contributed by atoms with Crippen LogP contribution in [-0.4, -0.2) is 42.9 Å². The maximum Gasteiger partial charge on any atom is 0.253 e. The number of carbonyl (C=O) groups is 2. The molecule has 0 aromatic heterocycles. The van der Waals surface area contributed by atoms with Crippen molar-refractivity contribution in [3.8, 4) is 0 Å². The van der Waals surface area contributed by atoms with Gasteiger partial charge in [0.25, 0.3) is 5.91 Å². The minimum Gasteiger partial charge on any atom is -0.370 e. The molecule has 0 bridgehead atoms. The summed E-state index contributed by atoms with van der Waals surface area (Å²) in [5.41, 5.74) is 2.14. The summed E-state index contributed by atoms with van der Waals surface area (Å²) in [5.74, 6) is -0.950. The van der Waals surface area contributed by atoms with Crippen molar-refractivity contribution in [3.63, 3.8) is 0 Å². The zero-order valence-electron chi connectivity index (χ0n) is 16.7. The number of benzene rings is 2. The standard InChI is InChI=1S/C23H25ClFN3O2/c24-18-7-10-21(27-11-1-2-12-27)20(14-18)26-22(29)17-4-3-13-28(15-17)23(30)16-5-8-19(25)9-6-16/h5-10,14,17H,1-4,11-13,15H2,(H,26,29). The van der Waals surface area contributed by atoms with Gasteiger partial charge < -0.3 is 15.1 Å². The summed E-state index contributed by atoms with van der Waals surface area (Å²) < 4.78 is 13.1. The van der Waals surface area contributed by atoms with Crippen molar-refractivity contribution in [1.82, 2.24) is 4.90 Å². The third kappa shape index (κ3) is 4.59. The molecule has 2 heterocycles. The van der Waals surface area contributed by atoms with Crippen LogP contribution >= 0.6 is 11.6 Å². The Bertz CT molecular complexity index is 929. The fourth-order valence-electron chi connectivity index (χ4n) is 4.23. The molecule has 2 aromatic rings. The van der Waals surface area contributed by atoms with Gasteiger partial charge in [0.05, 0.1) is 17.3 Å². The average molecular weight is 430 g/mol. The lowest BCUT2D eigenvalue weighted by Gasteiger charge is -2.32. The molecule has 0 saturated carbocycles. The van der Waals surface area contributed by atoms with Gasteiger partial charge >= 0.3 is 0 Å². The summed E-state index contributed by atoms with van der Waals surface area (Å²) in [6.07, 6.45) is 3.75. The molecule has 0 aliphatic carbocycles. The molecule has 1 unspecified atom stereocenters. The Balaban J connectivity index is 1.45. The maximum atomic E-state index is 13.1. The van der Waals surface area contributed by atoms with E-state index in [4.69, 9.17) is 11.6 Å². The van der Waals surface area contributed by atoms with Gasteiger partial charge in [0.1, 0.15) is 5.82 Å². The van der Waals surface area contributed by atoms with E-state index in [-0.39, 0.29) is 23.5 Å². The molecule has 158 valence electrons. The lowest BCUT2D eigenvalue weighted by molar-refractivity contribution is -0.121. The molecule has 2 saturated heterocycles. The van der Waals surface area contributed by atoms with Crippen LogP contribution in [0.25, 0.3) is 0 Å². The molecule has 30 heavy (non-hydrogen) atoms. The van der Waals surface area contributed by atoms with E-state index in [0.717, 1.165) is 50.1 Å². The Morgan fingerprint density at radius 2 is 1.73 bits per heavy atom. The number of halogens is 2. The summed E-state index contributed by atoms with van der Waals surface area (Å²) in [7, 11) is 0. The fraction of sp³-hybridized carbons (Fsp3) is 0.391. The molecule has 4 rings (SSSR count). The highest BCUT2D eigenvalue weighted by atomic mass is 35.5. The van der Waals surface area contributed by atoms with Crippen molar-refractivity contribution < 1.29 is 14.0 Å². The van der Waals surface area contributed by atoms with Gasteiger partial charge in [0, 0.05) is 36.8 Å². The average Bonchev–Trinajstić information content (AvgIpc) is 3.28. The first kappa shape index (κ1) is 20.7. The van der Waals surface area contributed by atoms with Crippen molar-refractivity contribution in [2.45, 2.75) is 25.7 Å². The first-order valence-electron chi connectivity index (χ1n) is 10.4. The molecule has 0 spiro atoms. The van der Waals surface area contributed by atoms with E-state index in [0.29, 0.717) is 23.7 Å². The topological polar surface area (TPSA) is 52.7 Å². The maximum absolute atomic E-state index is 13.1. The van der Waals surface area contributed by atoms with E-state index in [9.17, 15) is 14.0 Å². The van der Waals surface area contributed by atoms with Gasteiger partial charge in [-0.3, -0.25) is 9.59 Å². The molecule has 2 aliphatic rings. The van der Waals surface area contributed by atoms with Crippen LogP contribution in [0.3, 0.4) is 0 Å². The fourth-order valence-corrected chi connectivity index (χ4v) is 4.40. The predicted octanol–water partition coefficient (Wildman–Crippen LogP) is 4.57. The van der Waals surface area contributed by atoms with Crippen LogP contribution in [0, 0.1) is 11.7 Å². The molecule has 1 N–H and O–H groups in total. The van der Waals surface area contributed by atoms with E-state index in [1.807, 2.05) is 12.1 Å². The largest absolute Gasteiger partial charge is 0.370 e. The molecular weight excluding hydrogens is 405 g/mol. The Morgan fingerprint density at radius 3 is 2.47 bits per heavy atom. The van der Waals surface area contributed by atoms with Crippen LogP contribution in [0.4, 0.5) is 15.8 Å². The molecule has 2 fully saturated rings. The normalized spacial score (nSPS) is 19.1. The summed E-state index contributed by atoms with van der Waals surface area (Å²) >= 11 is 6.19. The SMILES string of the molecule is O=C(Nc1cc(Cl)ccc1N1CCCC1)C1CCCN(C(=O)c2ccc(F)cc2)C1. The lowest BCUT2D eigenvalue weighted by atomic mass is 9.96. The Kier molecular flexibility index (Phi) is 6.23. The molecular formula is C23H25ClFN3O2. The highest BCUT2D eigenvalue weighted by molar-refractivity contribution is 6.31. The summed E-state index contributed by atoms with van der Waals surface area (Å²) in [4.78, 5) is 29.7. The zero-order valence-corrected chi connectivity index (χ0v) is 17.5. The zero-order chi connectivity index (χ0) is 21.1. The summed E-state index contributed by atoms with van der Waals surface area (Å²) in [6.45, 7) is 2.87. The van der Waals surface area contributed by atoms with E-state index in [1.165, 1.54) is 24.3 Å². The smallest absolute Gasteiger partial charge is 0.253 e. The Hall–Kier alpha value is -2.60. The van der Waals surface area contributed by atoms with Gasteiger partial charge in [-0.25, -0.2) is 4.39 Å². The first-order valence-corrected chi connectivity index (χ1v) is 10.8. The van der Waals surface area contributed by atoms with Crippen LogP contribution in [0.1, 0.15) is 36.0 Å². The molecule has 5 nitrogen and oxygen atoms in total. The molecule has 1 atom stereocenters. The number of rotatable bonds is 4. The number of hydrogen-bond acceptors (Lipinski definition) is 3. The minimum absolute atomic E-state index is 0.102. The third-order valence-corrected chi connectivity index (χ3v) is 6.07. The van der Waals surface area contributed by atoms with Crippen LogP contribution in [0.2, 0.25) is 5.02 Å². The van der Waals surface area contributed by atoms with E-state index in [1.54, 1.807) is 11.0 Å². The highest BCUT2D eigenvalue weighted by Crippen LogP contribution is 2.32. The van der Waals surface area contributed by atoms with Gasteiger partial charge in [-0.2, -0.15) is 0 Å². The van der Waals surface area contributed by atoms with Crippen molar-refractivity contribution in [1.29, 1.82) is 0 Å². The monoisotopic (exact) mass is 429 g/mol. The molecule has 7 heteroatoms. The number of hydrogen-bond donors (Lipinski definition) is 1. The Labute approximate surface area is 180 Å². The quantitative estimate of drug-likeness (QED) is 0.774. The van der Waals surface area contributed by atoms with Gasteiger partial charge in [0.2, 0.25) is 5.91 Å². The number of nitrogens with zero attached hydrogens (tertiary/aromatic N) is 2. The van der Waals surface area contributed by atoms with Crippen molar-refractivity contribution in [3.05, 3.63) is 58.9 Å².